The summed E-state index contributed by atoms with van der Waals surface area (Å²) in [6.07, 6.45) is 14.8. The zero-order valence-corrected chi connectivity index (χ0v) is 19.1. The number of hydrogen-bond donors (Lipinski definition) is 0. The van der Waals surface area contributed by atoms with Crippen LogP contribution in [0.15, 0.2) is 42.6 Å². The summed E-state index contributed by atoms with van der Waals surface area (Å²) in [6, 6.07) is 8.94. The third-order valence-corrected chi connectivity index (χ3v) is 6.79. The Bertz CT molecular complexity index is 887. The van der Waals surface area contributed by atoms with Gasteiger partial charge in [-0.2, -0.15) is 0 Å². The fourth-order valence-corrected chi connectivity index (χ4v) is 4.84. The first-order chi connectivity index (χ1) is 15.7. The van der Waals surface area contributed by atoms with Gasteiger partial charge in [-0.25, -0.2) is 9.37 Å². The highest BCUT2D eigenvalue weighted by Gasteiger charge is 2.19. The molecule has 2 heterocycles. The molecule has 0 unspecified atom stereocenters. The first-order valence-electron chi connectivity index (χ1n) is 12.0. The van der Waals surface area contributed by atoms with Gasteiger partial charge in [0, 0.05) is 29.9 Å². The molecule has 32 heavy (non-hydrogen) atoms. The van der Waals surface area contributed by atoms with Gasteiger partial charge in [0.15, 0.2) is 0 Å². The minimum Gasteiger partial charge on any atom is -0.493 e. The first-order valence-corrected chi connectivity index (χ1v) is 12.0. The quantitative estimate of drug-likeness (QED) is 0.498. The van der Waals surface area contributed by atoms with E-state index in [1.807, 2.05) is 12.1 Å². The molecule has 4 rings (SSSR count). The number of pyridine rings is 1. The number of likely N-dealkylation sites (tertiary alicyclic amines) is 1. The predicted molar refractivity (Wildman–Crippen MR) is 126 cm³/mol. The van der Waals surface area contributed by atoms with E-state index in [4.69, 9.17) is 9.47 Å². The maximum atomic E-state index is 13.9. The molecule has 0 spiro atoms. The lowest BCUT2D eigenvalue weighted by atomic mass is 9.90. The summed E-state index contributed by atoms with van der Waals surface area (Å²) in [6.45, 7) is 3.65. The number of piperidine rings is 1. The van der Waals surface area contributed by atoms with E-state index in [0.29, 0.717) is 30.1 Å². The summed E-state index contributed by atoms with van der Waals surface area (Å²) in [4.78, 5) is 6.76. The van der Waals surface area contributed by atoms with Gasteiger partial charge in [-0.15, -0.1) is 0 Å². The molecule has 1 aromatic carbocycles. The van der Waals surface area contributed by atoms with Gasteiger partial charge in [0.1, 0.15) is 11.6 Å². The lowest BCUT2D eigenvalue weighted by Gasteiger charge is -2.30. The molecule has 0 atom stereocenters. The summed E-state index contributed by atoms with van der Waals surface area (Å²) in [5.74, 6) is 2.28. The highest BCUT2D eigenvalue weighted by molar-refractivity contribution is 5.57. The Morgan fingerprint density at radius 1 is 1.09 bits per heavy atom. The molecule has 1 saturated heterocycles. The zero-order chi connectivity index (χ0) is 22.2. The van der Waals surface area contributed by atoms with Crippen molar-refractivity contribution < 1.29 is 13.9 Å². The van der Waals surface area contributed by atoms with Crippen LogP contribution in [0.25, 0.3) is 6.08 Å². The Hall–Kier alpha value is -2.40. The van der Waals surface area contributed by atoms with Gasteiger partial charge in [0.05, 0.1) is 13.7 Å². The Labute approximate surface area is 191 Å². The summed E-state index contributed by atoms with van der Waals surface area (Å²) >= 11 is 0. The molecule has 4 nitrogen and oxygen atoms in total. The smallest absolute Gasteiger partial charge is 0.217 e. The molecular weight excluding hydrogens is 403 g/mol. The van der Waals surface area contributed by atoms with Gasteiger partial charge < -0.3 is 9.47 Å². The molecule has 5 heteroatoms. The van der Waals surface area contributed by atoms with E-state index in [2.05, 4.69) is 28.1 Å². The van der Waals surface area contributed by atoms with Crippen LogP contribution >= 0.6 is 0 Å². The van der Waals surface area contributed by atoms with E-state index >= 15 is 0 Å². The van der Waals surface area contributed by atoms with Gasteiger partial charge in [0.2, 0.25) is 5.88 Å². The minimum atomic E-state index is -0.236. The van der Waals surface area contributed by atoms with Crippen molar-refractivity contribution in [2.75, 3.05) is 26.8 Å². The van der Waals surface area contributed by atoms with Crippen molar-refractivity contribution >= 4 is 6.08 Å². The fourth-order valence-electron chi connectivity index (χ4n) is 4.84. The maximum absolute atomic E-state index is 13.9. The largest absolute Gasteiger partial charge is 0.493 e. The Kier molecular flexibility index (Phi) is 8.16. The summed E-state index contributed by atoms with van der Waals surface area (Å²) < 4.78 is 25.3. The molecule has 0 amide bonds. The number of nitrogens with zero attached hydrogens (tertiary/aromatic N) is 2. The van der Waals surface area contributed by atoms with E-state index in [0.717, 1.165) is 43.6 Å². The van der Waals surface area contributed by atoms with Crippen LogP contribution in [0.1, 0.15) is 56.1 Å². The second-order valence-corrected chi connectivity index (χ2v) is 9.14. The molecule has 0 N–H and O–H groups in total. The monoisotopic (exact) mass is 438 g/mol. The summed E-state index contributed by atoms with van der Waals surface area (Å²) in [5.41, 5.74) is 2.11. The third-order valence-electron chi connectivity index (χ3n) is 6.79. The number of hydrogen-bond acceptors (Lipinski definition) is 4. The van der Waals surface area contributed by atoms with Crippen LogP contribution in [0.4, 0.5) is 4.39 Å². The lowest BCUT2D eigenvalue weighted by molar-refractivity contribution is 0.193. The Morgan fingerprint density at radius 3 is 2.69 bits per heavy atom. The molecule has 1 aliphatic heterocycles. The van der Waals surface area contributed by atoms with Gasteiger partial charge >= 0.3 is 0 Å². The van der Waals surface area contributed by atoms with Gasteiger partial charge in [0.25, 0.3) is 0 Å². The van der Waals surface area contributed by atoms with E-state index in [1.54, 1.807) is 13.3 Å². The van der Waals surface area contributed by atoms with Crippen molar-refractivity contribution in [3.8, 4) is 11.6 Å². The van der Waals surface area contributed by atoms with Crippen molar-refractivity contribution in [3.05, 3.63) is 59.5 Å². The molecule has 2 aromatic rings. The van der Waals surface area contributed by atoms with Crippen molar-refractivity contribution in [2.45, 2.75) is 51.5 Å². The average molecular weight is 439 g/mol. The Balaban J connectivity index is 1.31. The topological polar surface area (TPSA) is 34.6 Å². The first kappa shape index (κ1) is 22.8. The SMILES string of the molecule is COc1ncccc1CN1CCC(C=Cc2ccc(F)cc2OCC2CCCCC2)CC1. The highest BCUT2D eigenvalue weighted by Crippen LogP contribution is 2.28. The Morgan fingerprint density at radius 2 is 1.91 bits per heavy atom. The molecule has 1 saturated carbocycles. The lowest BCUT2D eigenvalue weighted by Crippen LogP contribution is -2.32. The molecule has 2 fully saturated rings. The van der Waals surface area contributed by atoms with Gasteiger partial charge in [-0.05, 0) is 68.8 Å². The van der Waals surface area contributed by atoms with Crippen molar-refractivity contribution in [1.82, 2.24) is 9.88 Å². The molecular formula is C27H35FN2O2. The van der Waals surface area contributed by atoms with Crippen molar-refractivity contribution in [2.24, 2.45) is 11.8 Å². The number of rotatable bonds is 8. The van der Waals surface area contributed by atoms with Gasteiger partial charge in [-0.3, -0.25) is 4.90 Å². The van der Waals surface area contributed by atoms with Crippen LogP contribution in [0.5, 0.6) is 11.6 Å². The fraction of sp³-hybridized carbons (Fsp3) is 0.519. The highest BCUT2D eigenvalue weighted by atomic mass is 19.1. The van der Waals surface area contributed by atoms with E-state index in [1.165, 1.54) is 44.2 Å². The predicted octanol–water partition coefficient (Wildman–Crippen LogP) is 6.11. The second kappa shape index (κ2) is 11.5. The van der Waals surface area contributed by atoms with Crippen LogP contribution in [-0.2, 0) is 6.54 Å². The summed E-state index contributed by atoms with van der Waals surface area (Å²) in [5, 5.41) is 0. The van der Waals surface area contributed by atoms with Crippen molar-refractivity contribution in [3.63, 3.8) is 0 Å². The normalized spacial score (nSPS) is 18.8. The molecule has 0 radical (unpaired) electrons. The number of benzene rings is 1. The molecule has 0 bridgehead atoms. The third kappa shape index (κ3) is 6.32. The van der Waals surface area contributed by atoms with Gasteiger partial charge in [-0.1, -0.05) is 37.5 Å². The van der Waals surface area contributed by atoms with Crippen LogP contribution in [-0.4, -0.2) is 36.7 Å². The molecule has 2 aliphatic rings. The number of ether oxygens (including phenoxy) is 2. The van der Waals surface area contributed by atoms with Crippen molar-refractivity contribution in [1.29, 1.82) is 0 Å². The number of allylic oxidation sites excluding steroid dienone is 1. The van der Waals surface area contributed by atoms with E-state index in [9.17, 15) is 4.39 Å². The molecule has 172 valence electrons. The van der Waals surface area contributed by atoms with Crippen LogP contribution in [0, 0.1) is 17.7 Å². The van der Waals surface area contributed by atoms with Crippen LogP contribution < -0.4 is 9.47 Å². The average Bonchev–Trinajstić information content (AvgIpc) is 2.84. The van der Waals surface area contributed by atoms with Crippen LogP contribution in [0.3, 0.4) is 0 Å². The number of aromatic nitrogens is 1. The van der Waals surface area contributed by atoms with E-state index < -0.39 is 0 Å². The number of methoxy groups -OCH3 is 1. The van der Waals surface area contributed by atoms with Crippen LogP contribution in [0.2, 0.25) is 0 Å². The molecule has 1 aliphatic carbocycles. The standard InChI is InChI=1S/C27H35FN2O2/c1-31-27-24(8-5-15-29-27)19-30-16-13-21(14-17-30)9-10-23-11-12-25(28)18-26(23)32-20-22-6-3-2-4-7-22/h5,8-12,15,18,21-22H,2-4,6-7,13-14,16-17,19-20H2,1H3. The maximum Gasteiger partial charge on any atom is 0.217 e. The minimum absolute atomic E-state index is 0.236. The molecule has 1 aromatic heterocycles. The second-order valence-electron chi connectivity index (χ2n) is 9.14. The zero-order valence-electron chi connectivity index (χ0n) is 19.1. The van der Waals surface area contributed by atoms with E-state index in [-0.39, 0.29) is 5.82 Å². The number of halogens is 1. The summed E-state index contributed by atoms with van der Waals surface area (Å²) in [7, 11) is 1.67.